The normalized spacial score (nSPS) is 14.2. The maximum atomic E-state index is 13.3. The van der Waals surface area contributed by atoms with Gasteiger partial charge in [-0.05, 0) is 51.4 Å². The van der Waals surface area contributed by atoms with E-state index in [1.54, 1.807) is 6.07 Å². The molecule has 0 spiro atoms. The maximum Gasteiger partial charge on any atom is 0.339 e. The van der Waals surface area contributed by atoms with Gasteiger partial charge >= 0.3 is 5.20 Å². The van der Waals surface area contributed by atoms with Crippen LogP contribution in [0.5, 0.6) is 0 Å². The highest BCUT2D eigenvalue weighted by molar-refractivity contribution is 9.10. The van der Waals surface area contributed by atoms with Crippen molar-refractivity contribution >= 4 is 72.2 Å². The summed E-state index contributed by atoms with van der Waals surface area (Å²) in [6, 6.07) is 2.87. The molecule has 10 heteroatoms. The third-order valence-corrected chi connectivity index (χ3v) is 2.44. The molecule has 0 aromatic heterocycles. The monoisotopic (exact) mass is 409 g/mol. The fraction of sp³-hybridized carbons (Fsp3) is 0.111. The first-order valence-corrected chi connectivity index (χ1v) is 9.80. The third-order valence-electron chi connectivity index (χ3n) is 1.98. The van der Waals surface area contributed by atoms with Crippen LogP contribution in [0.15, 0.2) is 16.6 Å². The molecule has 1 heterocycles. The van der Waals surface area contributed by atoms with Crippen molar-refractivity contribution in [2.75, 3.05) is 5.32 Å². The van der Waals surface area contributed by atoms with Crippen molar-refractivity contribution < 1.29 is 18.5 Å². The van der Waals surface area contributed by atoms with Gasteiger partial charge in [0.2, 0.25) is 5.78 Å². The number of carbonyl (C=O) groups is 2. The van der Waals surface area contributed by atoms with Crippen molar-refractivity contribution in [3.8, 4) is 0 Å². The predicted octanol–water partition coefficient (Wildman–Crippen LogP) is 4.46. The van der Waals surface area contributed by atoms with Crippen LogP contribution in [0.4, 0.5) is 10.1 Å². The second-order valence-corrected chi connectivity index (χ2v) is 10.9. The van der Waals surface area contributed by atoms with Gasteiger partial charge in [0.15, 0.2) is 0 Å². The minimum absolute atomic E-state index is 0.0441. The summed E-state index contributed by atoms with van der Waals surface area (Å²) in [5.41, 5.74) is 0.610. The highest BCUT2D eigenvalue weighted by atomic mass is 79.9. The van der Waals surface area contributed by atoms with Gasteiger partial charge in [-0.3, -0.25) is 14.2 Å². The van der Waals surface area contributed by atoms with Crippen molar-refractivity contribution in [2.45, 2.75) is 6.42 Å². The molecule has 0 saturated heterocycles. The molecule has 2 rings (SSSR count). The molecule has 1 amide bonds. The topological polar surface area (TPSA) is 63.2 Å². The minimum Gasteiger partial charge on any atom is -0.317 e. The number of hydrogen-bond donors (Lipinski definition) is 1. The number of fused-ring (bicyclic) bond motifs is 1. The summed E-state index contributed by atoms with van der Waals surface area (Å²) in [7, 11) is 0. The predicted molar refractivity (Wildman–Crippen MR) is 76.6 cm³/mol. The summed E-state index contributed by atoms with van der Waals surface area (Å²) >= 11 is 17.0. The zero-order valence-corrected chi connectivity index (χ0v) is 13.7. The molecule has 0 bridgehead atoms. The summed E-state index contributed by atoms with van der Waals surface area (Å²) in [4.78, 5) is 22.0. The van der Waals surface area contributed by atoms with Gasteiger partial charge < -0.3 is 5.32 Å². The lowest BCUT2D eigenvalue weighted by Gasteiger charge is -2.16. The molecule has 0 aliphatic carbocycles. The van der Waals surface area contributed by atoms with Gasteiger partial charge in [-0.2, -0.15) is 0 Å². The molecule has 19 heavy (non-hydrogen) atoms. The summed E-state index contributed by atoms with van der Waals surface area (Å²) < 4.78 is 23.3. The van der Waals surface area contributed by atoms with E-state index in [1.165, 1.54) is 6.07 Å². The van der Waals surface area contributed by atoms with Gasteiger partial charge in [-0.1, -0.05) is 15.9 Å². The van der Waals surface area contributed by atoms with Gasteiger partial charge in [-0.15, -0.1) is 0 Å². The zero-order valence-electron chi connectivity index (χ0n) is 8.92. The number of carbonyl (C=O) groups excluding carboxylic acids is 2. The number of benzene rings is 1. The molecule has 1 aromatic carbocycles. The van der Waals surface area contributed by atoms with Gasteiger partial charge in [0, 0.05) is 10.9 Å². The molecule has 1 N–H and O–H groups in total. The van der Waals surface area contributed by atoms with E-state index < -0.39 is 22.7 Å². The molecule has 0 atom stereocenters. The summed E-state index contributed by atoms with van der Waals surface area (Å²) in [6.07, 6.45) is -0.0441. The van der Waals surface area contributed by atoms with Crippen LogP contribution in [0.25, 0.3) is 0 Å². The highest BCUT2D eigenvalue weighted by Crippen LogP contribution is 2.61. The Bertz CT molecular complexity index is 584. The molecule has 0 unspecified atom stereocenters. The Labute approximate surface area is 130 Å². The molecular formula is C9H5BrCl3FNO3P. The summed E-state index contributed by atoms with van der Waals surface area (Å²) in [5, 5.41) is -1.00. The number of halogens is 5. The van der Waals surface area contributed by atoms with Crippen LogP contribution in [-0.2, 0) is 20.6 Å². The largest absolute Gasteiger partial charge is 0.339 e. The fourth-order valence-corrected chi connectivity index (χ4v) is 1.82. The molecular weight excluding hydrogens is 406 g/mol. The number of Topliss-reactive ketones (excluding diaryl/α,β-unsaturated/α-hetero) is 1. The Balaban J connectivity index is 0.000000312. The smallest absolute Gasteiger partial charge is 0.317 e. The van der Waals surface area contributed by atoms with E-state index in [1.807, 2.05) is 0 Å². The number of ketones is 1. The van der Waals surface area contributed by atoms with Crippen LogP contribution < -0.4 is 5.32 Å². The lowest BCUT2D eigenvalue weighted by atomic mass is 10.0. The first kappa shape index (κ1) is 16.9. The van der Waals surface area contributed by atoms with Crippen molar-refractivity contribution in [2.24, 2.45) is 0 Å². The van der Waals surface area contributed by atoms with Crippen molar-refractivity contribution in [3.63, 3.8) is 0 Å². The van der Waals surface area contributed by atoms with E-state index >= 15 is 0 Å². The average molecular weight is 411 g/mol. The van der Waals surface area contributed by atoms with Crippen LogP contribution in [0.1, 0.15) is 5.56 Å². The standard InChI is InChI=1S/C9H5BrFNO2.Cl3OP/c10-5-1-4-2-7(13)9(14)12-8(4)6(11)3-5;1-5(2,3)4/h1,3H,2H2,(H,12,14);. The first-order chi connectivity index (χ1) is 8.58. The van der Waals surface area contributed by atoms with E-state index in [2.05, 4.69) is 55.0 Å². The Kier molecular flexibility index (Phi) is 5.83. The van der Waals surface area contributed by atoms with Crippen LogP contribution in [0.2, 0.25) is 0 Å². The van der Waals surface area contributed by atoms with E-state index in [0.717, 1.165) is 0 Å². The lowest BCUT2D eigenvalue weighted by molar-refractivity contribution is -0.134. The molecule has 1 aliphatic rings. The Morgan fingerprint density at radius 1 is 1.26 bits per heavy atom. The first-order valence-electron chi connectivity index (χ1n) is 4.59. The van der Waals surface area contributed by atoms with E-state index in [-0.39, 0.29) is 12.1 Å². The van der Waals surface area contributed by atoms with E-state index in [9.17, 15) is 18.5 Å². The minimum atomic E-state index is -3.22. The van der Waals surface area contributed by atoms with Crippen LogP contribution in [-0.4, -0.2) is 11.7 Å². The number of amides is 1. The second-order valence-electron chi connectivity index (χ2n) is 3.37. The third kappa shape index (κ3) is 5.79. The zero-order chi connectivity index (χ0) is 14.8. The Morgan fingerprint density at radius 3 is 2.32 bits per heavy atom. The Morgan fingerprint density at radius 2 is 1.79 bits per heavy atom. The van der Waals surface area contributed by atoms with Gasteiger partial charge in [0.25, 0.3) is 5.91 Å². The number of rotatable bonds is 0. The Hall–Kier alpha value is -0.130. The quantitative estimate of drug-likeness (QED) is 0.506. The number of hydrogen-bond acceptors (Lipinski definition) is 3. The van der Waals surface area contributed by atoms with E-state index in [0.29, 0.717) is 10.0 Å². The maximum absolute atomic E-state index is 13.3. The average Bonchev–Trinajstić information content (AvgIpc) is 2.18. The van der Waals surface area contributed by atoms with Gasteiger partial charge in [0.1, 0.15) is 5.82 Å². The van der Waals surface area contributed by atoms with Crippen LogP contribution >= 0.6 is 54.9 Å². The van der Waals surface area contributed by atoms with Crippen LogP contribution in [0.3, 0.4) is 0 Å². The molecule has 104 valence electrons. The molecule has 0 fully saturated rings. The molecule has 0 saturated carbocycles. The van der Waals surface area contributed by atoms with Gasteiger partial charge in [0.05, 0.1) is 5.69 Å². The molecule has 1 aromatic rings. The van der Waals surface area contributed by atoms with Crippen LogP contribution in [0, 0.1) is 5.82 Å². The van der Waals surface area contributed by atoms with Crippen molar-refractivity contribution in [1.82, 2.24) is 0 Å². The van der Waals surface area contributed by atoms with Crippen molar-refractivity contribution in [1.29, 1.82) is 0 Å². The van der Waals surface area contributed by atoms with E-state index in [4.69, 9.17) is 0 Å². The molecule has 0 radical (unpaired) electrons. The summed E-state index contributed by atoms with van der Waals surface area (Å²) in [6.45, 7) is 0. The number of anilines is 1. The van der Waals surface area contributed by atoms with Gasteiger partial charge in [-0.25, -0.2) is 4.39 Å². The number of nitrogens with one attached hydrogen (secondary N) is 1. The molecule has 1 aliphatic heterocycles. The summed E-state index contributed by atoms with van der Waals surface area (Å²) in [5.74, 6) is -1.83. The second kappa shape index (κ2) is 6.55. The highest BCUT2D eigenvalue weighted by Gasteiger charge is 2.25. The lowest BCUT2D eigenvalue weighted by Crippen LogP contribution is -2.30. The molecule has 4 nitrogen and oxygen atoms in total. The van der Waals surface area contributed by atoms with Crippen molar-refractivity contribution in [3.05, 3.63) is 28.0 Å². The fourth-order valence-electron chi connectivity index (χ4n) is 1.34. The SMILES string of the molecule is O=C1Cc2cc(Br)cc(F)c2NC1=O.O=P(Cl)(Cl)Cl.